The molecule has 0 atom stereocenters. The molecule has 0 aromatic heterocycles. The molecular weight excluding hydrogens is 199 g/mol. The summed E-state index contributed by atoms with van der Waals surface area (Å²) in [5.74, 6) is -3.17. The van der Waals surface area contributed by atoms with Crippen molar-refractivity contribution in [2.45, 2.75) is 25.6 Å². The summed E-state index contributed by atoms with van der Waals surface area (Å²) in [4.78, 5) is 9.99. The van der Waals surface area contributed by atoms with Crippen LogP contribution >= 0.6 is 0 Å². The second kappa shape index (κ2) is 3.99. The molecule has 0 aromatic rings. The van der Waals surface area contributed by atoms with Crippen LogP contribution in [0.2, 0.25) is 0 Å². The van der Waals surface area contributed by atoms with Gasteiger partial charge in [-0.05, 0) is 6.42 Å². The Labute approximate surface area is 70.7 Å². The van der Waals surface area contributed by atoms with Crippen LogP contribution in [-0.2, 0) is 9.53 Å². The zero-order valence-corrected chi connectivity index (χ0v) is 6.62. The Balaban J connectivity index is 4.36. The number of alkyl halides is 5. The van der Waals surface area contributed by atoms with Crippen LogP contribution in [0.25, 0.3) is 0 Å². The third-order valence-corrected chi connectivity index (χ3v) is 1.01. The van der Waals surface area contributed by atoms with Crippen LogP contribution in [0.5, 0.6) is 0 Å². The van der Waals surface area contributed by atoms with Crippen LogP contribution < -0.4 is 0 Å². The summed E-state index contributed by atoms with van der Waals surface area (Å²) in [7, 11) is 0. The van der Waals surface area contributed by atoms with E-state index in [4.69, 9.17) is 0 Å². The Bertz CT molecular complexity index is 186. The highest BCUT2D eigenvalue weighted by molar-refractivity contribution is 5.89. The highest BCUT2D eigenvalue weighted by Gasteiger charge is 2.56. The van der Waals surface area contributed by atoms with Crippen LogP contribution in [0.1, 0.15) is 13.3 Å². The largest absolute Gasteiger partial charge is 0.459 e. The van der Waals surface area contributed by atoms with E-state index in [1.54, 1.807) is 0 Å². The van der Waals surface area contributed by atoms with E-state index < -0.39 is 24.7 Å². The molecule has 0 fully saturated rings. The number of ketones is 1. The number of carbonyl (C=O) groups excluding carboxylic acids is 1. The maximum atomic E-state index is 12.2. The number of carbonyl (C=O) groups is 1. The first-order chi connectivity index (χ1) is 5.72. The van der Waals surface area contributed by atoms with E-state index in [1.165, 1.54) is 6.92 Å². The molecule has 0 aromatic carbocycles. The Hall–Kier alpha value is -0.720. The molecular formula is C6H7F5O2. The summed E-state index contributed by atoms with van der Waals surface area (Å²) < 4.78 is 62.3. The van der Waals surface area contributed by atoms with Gasteiger partial charge in [0.1, 0.15) is 0 Å². The molecule has 0 rings (SSSR count). The average molecular weight is 206 g/mol. The zero-order chi connectivity index (χ0) is 10.7. The van der Waals surface area contributed by atoms with Gasteiger partial charge in [-0.2, -0.15) is 22.0 Å². The first-order valence-electron chi connectivity index (χ1n) is 3.35. The molecule has 0 aliphatic rings. The minimum absolute atomic E-state index is 0.0979. The second-order valence-electron chi connectivity index (χ2n) is 2.19. The molecule has 7 heteroatoms. The number of hydrogen-bond donors (Lipinski definition) is 0. The molecule has 0 spiro atoms. The van der Waals surface area contributed by atoms with E-state index >= 15 is 0 Å². The Morgan fingerprint density at radius 3 is 2.00 bits per heavy atom. The molecule has 0 N–H and O–H groups in total. The van der Waals surface area contributed by atoms with Gasteiger partial charge in [-0.15, -0.1) is 0 Å². The van der Waals surface area contributed by atoms with Gasteiger partial charge in [-0.25, -0.2) is 0 Å². The van der Waals surface area contributed by atoms with Crippen LogP contribution in [0, 0.1) is 0 Å². The summed E-state index contributed by atoms with van der Waals surface area (Å²) in [6, 6.07) is 0. The molecule has 0 saturated carbocycles. The fourth-order valence-corrected chi connectivity index (χ4v) is 0.461. The second-order valence-corrected chi connectivity index (χ2v) is 2.19. The van der Waals surface area contributed by atoms with E-state index in [0.29, 0.717) is 0 Å². The third-order valence-electron chi connectivity index (χ3n) is 1.01. The van der Waals surface area contributed by atoms with Crippen molar-refractivity contribution in [2.24, 2.45) is 0 Å². The van der Waals surface area contributed by atoms with E-state index in [-0.39, 0.29) is 6.42 Å². The lowest BCUT2D eigenvalue weighted by Crippen LogP contribution is -2.42. The van der Waals surface area contributed by atoms with Crippen molar-refractivity contribution >= 4 is 5.78 Å². The number of rotatable bonds is 4. The Kier molecular flexibility index (Phi) is 3.77. The molecule has 0 aliphatic heterocycles. The van der Waals surface area contributed by atoms with Gasteiger partial charge in [0.2, 0.25) is 0 Å². The summed E-state index contributed by atoms with van der Waals surface area (Å²) in [6.07, 6.45) is -10.2. The SMILES string of the molecule is CCCOC(F)(F)C(=O)C(F)(F)F. The van der Waals surface area contributed by atoms with E-state index in [9.17, 15) is 26.7 Å². The fourth-order valence-electron chi connectivity index (χ4n) is 0.461. The standard InChI is InChI=1S/C6H7F5O2/c1-2-3-13-6(10,11)4(12)5(7,8)9/h2-3H2,1H3. The minimum atomic E-state index is -5.57. The Morgan fingerprint density at radius 1 is 1.23 bits per heavy atom. The highest BCUT2D eigenvalue weighted by Crippen LogP contribution is 2.28. The van der Waals surface area contributed by atoms with Crippen molar-refractivity contribution in [1.29, 1.82) is 0 Å². The Morgan fingerprint density at radius 2 is 1.69 bits per heavy atom. The topological polar surface area (TPSA) is 26.3 Å². The smallest absolute Gasteiger partial charge is 0.314 e. The van der Waals surface area contributed by atoms with Crippen LogP contribution in [0.3, 0.4) is 0 Å². The van der Waals surface area contributed by atoms with E-state index in [2.05, 4.69) is 4.74 Å². The maximum absolute atomic E-state index is 12.2. The molecule has 0 amide bonds. The highest BCUT2D eigenvalue weighted by atomic mass is 19.4. The van der Waals surface area contributed by atoms with E-state index in [0.717, 1.165) is 0 Å². The lowest BCUT2D eigenvalue weighted by molar-refractivity contribution is -0.258. The fraction of sp³-hybridized carbons (Fsp3) is 0.833. The first-order valence-corrected chi connectivity index (χ1v) is 3.35. The molecule has 0 bridgehead atoms. The van der Waals surface area contributed by atoms with Crippen LogP contribution in [0.15, 0.2) is 0 Å². The van der Waals surface area contributed by atoms with Gasteiger partial charge in [0.05, 0.1) is 6.61 Å². The molecule has 0 saturated heterocycles. The molecule has 0 unspecified atom stereocenters. The van der Waals surface area contributed by atoms with Gasteiger partial charge in [0.15, 0.2) is 0 Å². The zero-order valence-electron chi connectivity index (χ0n) is 6.62. The van der Waals surface area contributed by atoms with Gasteiger partial charge in [0, 0.05) is 0 Å². The first kappa shape index (κ1) is 12.3. The van der Waals surface area contributed by atoms with E-state index in [1.807, 2.05) is 0 Å². The van der Waals surface area contributed by atoms with Crippen molar-refractivity contribution < 1.29 is 31.5 Å². The summed E-state index contributed by atoms with van der Waals surface area (Å²) in [5, 5.41) is 0. The van der Waals surface area contributed by atoms with Crippen LogP contribution in [0.4, 0.5) is 22.0 Å². The predicted molar refractivity (Wildman–Crippen MR) is 32.3 cm³/mol. The lowest BCUT2D eigenvalue weighted by atomic mass is 10.3. The summed E-state index contributed by atoms with van der Waals surface area (Å²) in [6.45, 7) is 0.822. The molecule has 0 heterocycles. The van der Waals surface area contributed by atoms with Gasteiger partial charge in [-0.1, -0.05) is 6.92 Å². The molecule has 0 aliphatic carbocycles. The predicted octanol–water partition coefficient (Wildman–Crippen LogP) is 2.14. The third kappa shape index (κ3) is 3.67. The molecule has 2 nitrogen and oxygen atoms in total. The van der Waals surface area contributed by atoms with Gasteiger partial charge in [-0.3, -0.25) is 4.79 Å². The monoisotopic (exact) mass is 206 g/mol. The van der Waals surface area contributed by atoms with Crippen molar-refractivity contribution in [2.75, 3.05) is 6.61 Å². The minimum Gasteiger partial charge on any atom is -0.314 e. The van der Waals surface area contributed by atoms with Crippen molar-refractivity contribution in [3.8, 4) is 0 Å². The summed E-state index contributed by atoms with van der Waals surface area (Å²) >= 11 is 0. The number of Topliss-reactive ketones (excluding diaryl/α,β-unsaturated/α-hetero) is 1. The maximum Gasteiger partial charge on any atom is 0.459 e. The van der Waals surface area contributed by atoms with Crippen molar-refractivity contribution in [3.05, 3.63) is 0 Å². The quantitative estimate of drug-likeness (QED) is 0.658. The molecule has 13 heavy (non-hydrogen) atoms. The number of halogens is 5. The molecule has 78 valence electrons. The van der Waals surface area contributed by atoms with Crippen molar-refractivity contribution in [3.63, 3.8) is 0 Å². The summed E-state index contributed by atoms with van der Waals surface area (Å²) in [5.41, 5.74) is 0. The number of hydrogen-bond acceptors (Lipinski definition) is 2. The van der Waals surface area contributed by atoms with Gasteiger partial charge >= 0.3 is 18.1 Å². The molecule has 0 radical (unpaired) electrons. The lowest BCUT2D eigenvalue weighted by Gasteiger charge is -2.15. The van der Waals surface area contributed by atoms with Gasteiger partial charge < -0.3 is 4.74 Å². The normalized spacial score (nSPS) is 13.1. The van der Waals surface area contributed by atoms with Crippen molar-refractivity contribution in [1.82, 2.24) is 0 Å². The average Bonchev–Trinajstić information content (AvgIpc) is 1.98. The number of ether oxygens (including phenoxy) is 1. The van der Waals surface area contributed by atoms with Crippen LogP contribution in [-0.4, -0.2) is 24.7 Å². The van der Waals surface area contributed by atoms with Gasteiger partial charge in [0.25, 0.3) is 0 Å².